The summed E-state index contributed by atoms with van der Waals surface area (Å²) in [6.07, 6.45) is 2.98. The van der Waals surface area contributed by atoms with Gasteiger partial charge in [-0.2, -0.15) is 0 Å². The fourth-order valence-corrected chi connectivity index (χ4v) is 2.81. The van der Waals surface area contributed by atoms with Crippen molar-refractivity contribution in [3.63, 3.8) is 0 Å². The van der Waals surface area contributed by atoms with Crippen LogP contribution in [0.2, 0.25) is 0 Å². The molecule has 3 aromatic rings. The van der Waals surface area contributed by atoms with Crippen molar-refractivity contribution in [2.45, 2.75) is 19.9 Å². The third kappa shape index (κ3) is 6.50. The van der Waals surface area contributed by atoms with Crippen molar-refractivity contribution in [2.24, 2.45) is 0 Å². The van der Waals surface area contributed by atoms with Gasteiger partial charge in [0.05, 0.1) is 19.4 Å². The summed E-state index contributed by atoms with van der Waals surface area (Å²) in [4.78, 5) is 25.5. The lowest BCUT2D eigenvalue weighted by molar-refractivity contribution is -0.118. The maximum atomic E-state index is 12.9. The van der Waals surface area contributed by atoms with Gasteiger partial charge in [0.15, 0.2) is 0 Å². The Morgan fingerprint density at radius 3 is 2.34 bits per heavy atom. The summed E-state index contributed by atoms with van der Waals surface area (Å²) in [5.41, 5.74) is 1.56. The molecule has 1 heterocycles. The number of rotatable bonds is 9. The zero-order chi connectivity index (χ0) is 22.9. The molecule has 0 aliphatic carbocycles. The molecule has 2 amide bonds. The SMILES string of the molecule is COc1ccc(OC[C@H](C)NC(=O)/C(=C/c2ccco2)NC(=O)c2ccc(C)cc2)cc1. The van der Waals surface area contributed by atoms with Gasteiger partial charge in [0.25, 0.3) is 11.8 Å². The highest BCUT2D eigenvalue weighted by molar-refractivity contribution is 6.05. The number of hydrogen-bond donors (Lipinski definition) is 2. The van der Waals surface area contributed by atoms with Crippen LogP contribution in [0.5, 0.6) is 11.5 Å². The number of ether oxygens (including phenoxy) is 2. The average Bonchev–Trinajstić information content (AvgIpc) is 3.31. The molecule has 2 N–H and O–H groups in total. The Bertz CT molecular complexity index is 1050. The second kappa shape index (κ2) is 10.9. The van der Waals surface area contributed by atoms with Crippen molar-refractivity contribution < 1.29 is 23.5 Å². The predicted octanol–water partition coefficient (Wildman–Crippen LogP) is 3.95. The van der Waals surface area contributed by atoms with Gasteiger partial charge in [0.1, 0.15) is 29.6 Å². The Kier molecular flexibility index (Phi) is 7.70. The van der Waals surface area contributed by atoms with Gasteiger partial charge in [-0.3, -0.25) is 9.59 Å². The molecule has 0 bridgehead atoms. The minimum Gasteiger partial charge on any atom is -0.497 e. The highest BCUT2D eigenvalue weighted by Crippen LogP contribution is 2.17. The first kappa shape index (κ1) is 22.7. The van der Waals surface area contributed by atoms with Crippen LogP contribution in [0.25, 0.3) is 6.08 Å². The lowest BCUT2D eigenvalue weighted by Gasteiger charge is -2.17. The maximum absolute atomic E-state index is 12.9. The molecule has 0 unspecified atom stereocenters. The van der Waals surface area contributed by atoms with E-state index in [2.05, 4.69) is 10.6 Å². The van der Waals surface area contributed by atoms with E-state index in [1.54, 1.807) is 55.6 Å². The van der Waals surface area contributed by atoms with E-state index in [9.17, 15) is 9.59 Å². The Balaban J connectivity index is 1.65. The van der Waals surface area contributed by atoms with E-state index < -0.39 is 5.91 Å². The second-order valence-corrected chi connectivity index (χ2v) is 7.25. The topological polar surface area (TPSA) is 89.8 Å². The molecule has 0 saturated heterocycles. The molecule has 3 rings (SSSR count). The van der Waals surface area contributed by atoms with Gasteiger partial charge in [-0.25, -0.2) is 0 Å². The van der Waals surface area contributed by atoms with Crippen molar-refractivity contribution in [1.82, 2.24) is 10.6 Å². The van der Waals surface area contributed by atoms with E-state index in [0.717, 1.165) is 11.3 Å². The number of carbonyl (C=O) groups excluding carboxylic acids is 2. The second-order valence-electron chi connectivity index (χ2n) is 7.25. The van der Waals surface area contributed by atoms with Crippen LogP contribution >= 0.6 is 0 Å². The Hall–Kier alpha value is -4.00. The standard InChI is InChI=1S/C25H26N2O5/c1-17-6-8-19(9-7-17)24(28)27-23(15-22-5-4-14-31-22)25(29)26-18(2)16-32-21-12-10-20(30-3)11-13-21/h4-15,18H,16H2,1-3H3,(H,26,29)(H,27,28)/b23-15-/t18-/m0/s1. The molecule has 0 saturated carbocycles. The summed E-state index contributed by atoms with van der Waals surface area (Å²) in [6.45, 7) is 4.00. The van der Waals surface area contributed by atoms with Crippen LogP contribution in [0.15, 0.2) is 77.0 Å². The molecule has 0 aliphatic rings. The van der Waals surface area contributed by atoms with Crippen LogP contribution in [-0.2, 0) is 4.79 Å². The smallest absolute Gasteiger partial charge is 0.268 e. The first-order chi connectivity index (χ1) is 15.4. The van der Waals surface area contributed by atoms with Crippen LogP contribution in [0, 0.1) is 6.92 Å². The summed E-state index contributed by atoms with van der Waals surface area (Å²) in [5.74, 6) is 0.996. The fraction of sp³-hybridized carbons (Fsp3) is 0.200. The highest BCUT2D eigenvalue weighted by Gasteiger charge is 2.17. The lowest BCUT2D eigenvalue weighted by Crippen LogP contribution is -2.41. The largest absolute Gasteiger partial charge is 0.497 e. The molecule has 0 spiro atoms. The van der Waals surface area contributed by atoms with Crippen molar-refractivity contribution in [3.8, 4) is 11.5 Å². The van der Waals surface area contributed by atoms with Gasteiger partial charge in [-0.05, 0) is 62.4 Å². The molecule has 0 radical (unpaired) electrons. The molecule has 1 aromatic heterocycles. The van der Waals surface area contributed by atoms with E-state index in [1.165, 1.54) is 12.3 Å². The molecule has 7 nitrogen and oxygen atoms in total. The predicted molar refractivity (Wildman–Crippen MR) is 121 cm³/mol. The number of nitrogens with one attached hydrogen (secondary N) is 2. The average molecular weight is 434 g/mol. The lowest BCUT2D eigenvalue weighted by atomic mass is 10.1. The van der Waals surface area contributed by atoms with Gasteiger partial charge >= 0.3 is 0 Å². The number of aryl methyl sites for hydroxylation is 1. The van der Waals surface area contributed by atoms with Gasteiger partial charge in [0, 0.05) is 11.6 Å². The van der Waals surface area contributed by atoms with Crippen LogP contribution in [0.3, 0.4) is 0 Å². The zero-order valence-corrected chi connectivity index (χ0v) is 18.3. The summed E-state index contributed by atoms with van der Waals surface area (Å²) in [5, 5.41) is 5.52. The molecular weight excluding hydrogens is 408 g/mol. The van der Waals surface area contributed by atoms with Gasteiger partial charge < -0.3 is 24.5 Å². The monoisotopic (exact) mass is 434 g/mol. The van der Waals surface area contributed by atoms with E-state index >= 15 is 0 Å². The summed E-state index contributed by atoms with van der Waals surface area (Å²) in [6, 6.07) is 17.3. The van der Waals surface area contributed by atoms with Gasteiger partial charge in [0.2, 0.25) is 0 Å². The van der Waals surface area contributed by atoms with Crippen molar-refractivity contribution in [1.29, 1.82) is 0 Å². The van der Waals surface area contributed by atoms with Crippen molar-refractivity contribution in [2.75, 3.05) is 13.7 Å². The molecule has 0 aliphatic heterocycles. The van der Waals surface area contributed by atoms with E-state index in [0.29, 0.717) is 17.1 Å². The number of furan rings is 1. The molecule has 32 heavy (non-hydrogen) atoms. The Morgan fingerprint density at radius 2 is 1.72 bits per heavy atom. The van der Waals surface area contributed by atoms with Gasteiger partial charge in [-0.1, -0.05) is 17.7 Å². The Labute approximate surface area is 187 Å². The summed E-state index contributed by atoms with van der Waals surface area (Å²) in [7, 11) is 1.60. The minimum absolute atomic E-state index is 0.0711. The summed E-state index contributed by atoms with van der Waals surface area (Å²) >= 11 is 0. The van der Waals surface area contributed by atoms with Crippen LogP contribution in [0.1, 0.15) is 28.6 Å². The molecular formula is C25H26N2O5. The molecule has 166 valence electrons. The summed E-state index contributed by atoms with van der Waals surface area (Å²) < 4.78 is 16.1. The fourth-order valence-electron chi connectivity index (χ4n) is 2.81. The molecule has 0 fully saturated rings. The quantitative estimate of drug-likeness (QED) is 0.498. The molecule has 2 aromatic carbocycles. The van der Waals surface area contributed by atoms with E-state index in [4.69, 9.17) is 13.9 Å². The van der Waals surface area contributed by atoms with E-state index in [-0.39, 0.29) is 24.3 Å². The first-order valence-corrected chi connectivity index (χ1v) is 10.2. The van der Waals surface area contributed by atoms with Gasteiger partial charge in [-0.15, -0.1) is 0 Å². The number of benzene rings is 2. The third-order valence-electron chi connectivity index (χ3n) is 4.57. The number of amides is 2. The molecule has 7 heteroatoms. The maximum Gasteiger partial charge on any atom is 0.268 e. The third-order valence-corrected chi connectivity index (χ3v) is 4.57. The Morgan fingerprint density at radius 1 is 1.03 bits per heavy atom. The number of hydrogen-bond acceptors (Lipinski definition) is 5. The first-order valence-electron chi connectivity index (χ1n) is 10.2. The normalized spacial score (nSPS) is 12.0. The van der Waals surface area contributed by atoms with Crippen LogP contribution in [0.4, 0.5) is 0 Å². The molecule has 1 atom stereocenters. The van der Waals surface area contributed by atoms with Crippen molar-refractivity contribution >= 4 is 17.9 Å². The van der Waals surface area contributed by atoms with E-state index in [1.807, 2.05) is 26.0 Å². The highest BCUT2D eigenvalue weighted by atomic mass is 16.5. The van der Waals surface area contributed by atoms with Crippen LogP contribution in [-0.4, -0.2) is 31.6 Å². The van der Waals surface area contributed by atoms with Crippen molar-refractivity contribution in [3.05, 3.63) is 89.5 Å². The zero-order valence-electron chi connectivity index (χ0n) is 18.3. The van der Waals surface area contributed by atoms with Crippen LogP contribution < -0.4 is 20.1 Å². The number of carbonyl (C=O) groups is 2. The minimum atomic E-state index is -0.451. The number of methoxy groups -OCH3 is 1.